The topological polar surface area (TPSA) is 12.0 Å². The molecule has 3 rings (SSSR count). The van der Waals surface area contributed by atoms with Crippen LogP contribution in [0.5, 0.6) is 0 Å². The summed E-state index contributed by atoms with van der Waals surface area (Å²) in [5.74, 6) is 1.14. The molecule has 1 heterocycles. The number of hydrogen-bond acceptors (Lipinski definition) is 2. The van der Waals surface area contributed by atoms with Gasteiger partial charge in [-0.25, -0.2) is 0 Å². The number of para-hydroxylation sites is 1. The summed E-state index contributed by atoms with van der Waals surface area (Å²) in [5, 5.41) is 3.62. The monoisotopic (exact) mass is 241 g/mol. The molecule has 2 heteroatoms. The second kappa shape index (κ2) is 4.84. The second-order valence-corrected chi connectivity index (χ2v) is 5.40. The van der Waals surface area contributed by atoms with E-state index in [9.17, 15) is 0 Å². The lowest BCUT2D eigenvalue weighted by Crippen LogP contribution is -2.28. The van der Waals surface area contributed by atoms with E-state index in [-0.39, 0.29) is 0 Å². The lowest BCUT2D eigenvalue weighted by molar-refractivity contribution is 0.790. The number of fused-ring (bicyclic) bond motifs is 1. The average Bonchev–Trinajstić information content (AvgIpc) is 2.40. The van der Waals surface area contributed by atoms with Gasteiger partial charge in [-0.2, -0.15) is 0 Å². The van der Waals surface area contributed by atoms with Crippen LogP contribution in [0.15, 0.2) is 59.5 Å². The Morgan fingerprint density at radius 3 is 2.65 bits per heavy atom. The maximum Gasteiger partial charge on any atom is 0.0480 e. The third-order valence-corrected chi connectivity index (χ3v) is 4.25. The van der Waals surface area contributed by atoms with Crippen LogP contribution in [0.2, 0.25) is 0 Å². The highest BCUT2D eigenvalue weighted by atomic mass is 32.2. The van der Waals surface area contributed by atoms with Crippen LogP contribution in [-0.2, 0) is 6.42 Å². The summed E-state index contributed by atoms with van der Waals surface area (Å²) in [4.78, 5) is 1.37. The van der Waals surface area contributed by atoms with E-state index < -0.39 is 0 Å². The highest BCUT2D eigenvalue weighted by molar-refractivity contribution is 7.99. The Kier molecular flexibility index (Phi) is 3.06. The van der Waals surface area contributed by atoms with E-state index >= 15 is 0 Å². The van der Waals surface area contributed by atoms with Crippen molar-refractivity contribution < 1.29 is 0 Å². The summed E-state index contributed by atoms with van der Waals surface area (Å²) < 4.78 is 0. The number of benzene rings is 2. The van der Waals surface area contributed by atoms with Gasteiger partial charge in [-0.15, -0.1) is 11.8 Å². The van der Waals surface area contributed by atoms with Crippen LogP contribution in [0, 0.1) is 0 Å². The largest absolute Gasteiger partial charge is 0.380 e. The van der Waals surface area contributed by atoms with Gasteiger partial charge in [0.1, 0.15) is 0 Å². The van der Waals surface area contributed by atoms with Crippen LogP contribution in [0.25, 0.3) is 0 Å². The number of thioether (sulfide) groups is 1. The molecule has 0 bridgehead atoms. The summed E-state index contributed by atoms with van der Waals surface area (Å²) in [6.45, 7) is 0. The van der Waals surface area contributed by atoms with Gasteiger partial charge in [-0.1, -0.05) is 42.5 Å². The van der Waals surface area contributed by atoms with Crippen molar-refractivity contribution in [2.24, 2.45) is 0 Å². The minimum atomic E-state index is 0.539. The van der Waals surface area contributed by atoms with Gasteiger partial charge in [0, 0.05) is 22.4 Å². The Hall–Kier alpha value is -1.41. The number of nitrogens with one attached hydrogen (secondary N) is 1. The Morgan fingerprint density at radius 2 is 1.76 bits per heavy atom. The molecule has 1 atom stereocenters. The van der Waals surface area contributed by atoms with E-state index in [4.69, 9.17) is 0 Å². The fraction of sp³-hybridized carbons (Fsp3) is 0.200. The normalized spacial score (nSPS) is 18.2. The van der Waals surface area contributed by atoms with Crippen molar-refractivity contribution in [3.8, 4) is 0 Å². The van der Waals surface area contributed by atoms with E-state index in [2.05, 4.69) is 59.9 Å². The van der Waals surface area contributed by atoms with Crippen LogP contribution < -0.4 is 5.32 Å². The van der Waals surface area contributed by atoms with Crippen molar-refractivity contribution >= 4 is 17.4 Å². The third-order valence-electron chi connectivity index (χ3n) is 3.01. The molecule has 0 spiro atoms. The molecule has 0 unspecified atom stereocenters. The number of hydrogen-bond donors (Lipinski definition) is 1. The van der Waals surface area contributed by atoms with Gasteiger partial charge in [-0.05, 0) is 24.1 Å². The van der Waals surface area contributed by atoms with Gasteiger partial charge < -0.3 is 5.32 Å². The molecule has 86 valence electrons. The van der Waals surface area contributed by atoms with Crippen LogP contribution in [0.4, 0.5) is 5.69 Å². The summed E-state index contributed by atoms with van der Waals surface area (Å²) in [7, 11) is 0. The zero-order valence-corrected chi connectivity index (χ0v) is 10.4. The summed E-state index contributed by atoms with van der Waals surface area (Å²) in [5.41, 5.74) is 2.69. The van der Waals surface area contributed by atoms with Gasteiger partial charge in [0.05, 0.1) is 0 Å². The van der Waals surface area contributed by atoms with Crippen LogP contribution in [0.3, 0.4) is 0 Å². The van der Waals surface area contributed by atoms with Gasteiger partial charge >= 0.3 is 0 Å². The lowest BCUT2D eigenvalue weighted by Gasteiger charge is -2.26. The van der Waals surface area contributed by atoms with E-state index in [1.807, 2.05) is 11.8 Å². The van der Waals surface area contributed by atoms with E-state index in [0.29, 0.717) is 6.04 Å². The van der Waals surface area contributed by atoms with Gasteiger partial charge in [-0.3, -0.25) is 0 Å². The van der Waals surface area contributed by atoms with Crippen molar-refractivity contribution in [3.63, 3.8) is 0 Å². The number of rotatable bonds is 2. The SMILES string of the molecule is c1ccc(C[C@H]2CSc3ccccc3N2)cc1. The molecule has 2 aromatic carbocycles. The first-order valence-electron chi connectivity index (χ1n) is 5.94. The maximum absolute atomic E-state index is 3.62. The van der Waals surface area contributed by atoms with E-state index in [0.717, 1.165) is 12.2 Å². The molecule has 2 aromatic rings. The van der Waals surface area contributed by atoms with Crippen molar-refractivity contribution in [2.75, 3.05) is 11.1 Å². The zero-order chi connectivity index (χ0) is 11.5. The van der Waals surface area contributed by atoms with Crippen LogP contribution in [-0.4, -0.2) is 11.8 Å². The quantitative estimate of drug-likeness (QED) is 0.858. The minimum Gasteiger partial charge on any atom is -0.380 e. The second-order valence-electron chi connectivity index (χ2n) is 4.34. The number of anilines is 1. The molecule has 0 radical (unpaired) electrons. The zero-order valence-electron chi connectivity index (χ0n) is 9.60. The first-order chi connectivity index (χ1) is 8.42. The summed E-state index contributed by atoms with van der Waals surface area (Å²) in [6, 6.07) is 19.8. The first kappa shape index (κ1) is 10.7. The molecule has 0 saturated carbocycles. The van der Waals surface area contributed by atoms with Crippen LogP contribution in [0.1, 0.15) is 5.56 Å². The molecule has 0 aromatic heterocycles. The lowest BCUT2D eigenvalue weighted by atomic mass is 10.1. The van der Waals surface area contributed by atoms with Gasteiger partial charge in [0.25, 0.3) is 0 Å². The summed E-state index contributed by atoms with van der Waals surface area (Å²) >= 11 is 1.95. The van der Waals surface area contributed by atoms with Crippen LogP contribution >= 0.6 is 11.8 Å². The summed E-state index contributed by atoms with van der Waals surface area (Å²) in [6.07, 6.45) is 1.10. The third kappa shape index (κ3) is 2.47. The van der Waals surface area contributed by atoms with E-state index in [1.54, 1.807) is 0 Å². The molecule has 1 aliphatic rings. The molecule has 17 heavy (non-hydrogen) atoms. The first-order valence-corrected chi connectivity index (χ1v) is 6.93. The molecule has 1 aliphatic heterocycles. The fourth-order valence-electron chi connectivity index (χ4n) is 2.17. The smallest absolute Gasteiger partial charge is 0.0480 e. The van der Waals surface area contributed by atoms with Gasteiger partial charge in [0.2, 0.25) is 0 Å². The Bertz CT molecular complexity index is 495. The van der Waals surface area contributed by atoms with Crippen molar-refractivity contribution in [3.05, 3.63) is 60.2 Å². The maximum atomic E-state index is 3.62. The van der Waals surface area contributed by atoms with E-state index in [1.165, 1.54) is 16.1 Å². The Labute approximate surface area is 106 Å². The highest BCUT2D eigenvalue weighted by Gasteiger charge is 2.17. The average molecular weight is 241 g/mol. The molecule has 0 amide bonds. The Morgan fingerprint density at radius 1 is 1.00 bits per heavy atom. The molecular weight excluding hydrogens is 226 g/mol. The molecule has 1 N–H and O–H groups in total. The molecule has 0 fully saturated rings. The molecule has 1 nitrogen and oxygen atoms in total. The van der Waals surface area contributed by atoms with Gasteiger partial charge in [0.15, 0.2) is 0 Å². The molecule has 0 saturated heterocycles. The predicted molar refractivity (Wildman–Crippen MR) is 74.7 cm³/mol. The Balaban J connectivity index is 1.72. The predicted octanol–water partition coefficient (Wildman–Crippen LogP) is 3.82. The van der Waals surface area contributed by atoms with Crippen molar-refractivity contribution in [2.45, 2.75) is 17.4 Å². The molecular formula is C15H15NS. The fourth-order valence-corrected chi connectivity index (χ4v) is 3.21. The standard InChI is InChI=1S/C15H15NS/c1-2-6-12(7-3-1)10-13-11-17-15-9-5-4-8-14(15)16-13/h1-9,13,16H,10-11H2/t13-/m0/s1. The highest BCUT2D eigenvalue weighted by Crippen LogP contribution is 2.33. The minimum absolute atomic E-state index is 0.539. The van der Waals surface area contributed by atoms with Crippen molar-refractivity contribution in [1.82, 2.24) is 0 Å². The van der Waals surface area contributed by atoms with Crippen molar-refractivity contribution in [1.29, 1.82) is 0 Å². The molecule has 0 aliphatic carbocycles.